The van der Waals surface area contributed by atoms with Crippen molar-refractivity contribution in [3.8, 4) is 0 Å². The molecule has 0 radical (unpaired) electrons. The highest BCUT2D eigenvalue weighted by Gasteiger charge is 1.94. The molecule has 0 aliphatic rings. The molecule has 0 amide bonds. The molecule has 0 aliphatic heterocycles. The summed E-state index contributed by atoms with van der Waals surface area (Å²) in [7, 11) is 0. The smallest absolute Gasteiger partial charge is 0.0178 e. The molecule has 2 heteroatoms. The van der Waals surface area contributed by atoms with Gasteiger partial charge in [0.2, 0.25) is 0 Å². The summed E-state index contributed by atoms with van der Waals surface area (Å²) in [6, 6.07) is 8.18. The van der Waals surface area contributed by atoms with Crippen molar-refractivity contribution in [2.75, 3.05) is 6.54 Å². The van der Waals surface area contributed by atoms with E-state index in [2.05, 4.69) is 41.3 Å². The van der Waals surface area contributed by atoms with Crippen molar-refractivity contribution < 1.29 is 0 Å². The van der Waals surface area contributed by atoms with E-state index >= 15 is 0 Å². The van der Waals surface area contributed by atoms with Crippen LogP contribution in [0.5, 0.6) is 0 Å². The fraction of sp³-hybridized carbons (Fsp3) is 0.111. The van der Waals surface area contributed by atoms with Gasteiger partial charge in [-0.05, 0) is 45.9 Å². The molecule has 0 atom stereocenters. The van der Waals surface area contributed by atoms with Gasteiger partial charge in [-0.1, -0.05) is 18.7 Å². The summed E-state index contributed by atoms with van der Waals surface area (Å²) in [6.45, 7) is 4.37. The lowest BCUT2D eigenvalue weighted by molar-refractivity contribution is 1.27. The fourth-order valence-corrected chi connectivity index (χ4v) is 1.16. The Bertz CT molecular complexity index is 251. The molecule has 1 rings (SSSR count). The third-order valence-corrected chi connectivity index (χ3v) is 2.22. The summed E-state index contributed by atoms with van der Waals surface area (Å²) in [4.78, 5) is 0. The number of nitrogens with two attached hydrogens (primary N) is 1. The van der Waals surface area contributed by atoms with Gasteiger partial charge in [0.15, 0.2) is 0 Å². The summed E-state index contributed by atoms with van der Waals surface area (Å²) in [6.07, 6.45) is 0. The number of hydrogen-bond acceptors (Lipinski definition) is 1. The lowest BCUT2D eigenvalue weighted by Gasteiger charge is -2.01. The van der Waals surface area contributed by atoms with Crippen molar-refractivity contribution in [1.29, 1.82) is 0 Å². The summed E-state index contributed by atoms with van der Waals surface area (Å²) < 4.78 is 1.23. The molecule has 0 aliphatic carbocycles. The van der Waals surface area contributed by atoms with Crippen LogP contribution in [0.1, 0.15) is 5.56 Å². The number of halogens is 1. The number of rotatable bonds is 2. The monoisotopic (exact) mass is 259 g/mol. The van der Waals surface area contributed by atoms with E-state index in [4.69, 9.17) is 5.73 Å². The Morgan fingerprint density at radius 2 is 1.91 bits per heavy atom. The van der Waals surface area contributed by atoms with Gasteiger partial charge in [0.05, 0.1) is 0 Å². The number of hydrogen-bond donors (Lipinski definition) is 1. The van der Waals surface area contributed by atoms with Gasteiger partial charge in [-0.3, -0.25) is 0 Å². The molecule has 1 nitrogen and oxygen atoms in total. The van der Waals surface area contributed by atoms with E-state index in [-0.39, 0.29) is 0 Å². The maximum absolute atomic E-state index is 5.44. The zero-order chi connectivity index (χ0) is 8.27. The van der Waals surface area contributed by atoms with Crippen LogP contribution in [0.25, 0.3) is 5.57 Å². The second-order valence-electron chi connectivity index (χ2n) is 2.31. The molecular weight excluding hydrogens is 249 g/mol. The lowest BCUT2D eigenvalue weighted by atomic mass is 10.1. The summed E-state index contributed by atoms with van der Waals surface area (Å²) in [5.74, 6) is 0. The third-order valence-electron chi connectivity index (χ3n) is 1.50. The Morgan fingerprint density at radius 1 is 1.36 bits per heavy atom. The largest absolute Gasteiger partial charge is 0.326 e. The van der Waals surface area contributed by atoms with Crippen LogP contribution in [-0.4, -0.2) is 6.54 Å². The van der Waals surface area contributed by atoms with Crippen LogP contribution in [0, 0.1) is 3.57 Å². The molecule has 2 N–H and O–H groups in total. The molecule has 0 aromatic heterocycles. The minimum atomic E-state index is 0.528. The van der Waals surface area contributed by atoms with Crippen molar-refractivity contribution in [2.45, 2.75) is 0 Å². The summed E-state index contributed by atoms with van der Waals surface area (Å²) in [5.41, 5.74) is 7.56. The normalized spacial score (nSPS) is 9.64. The van der Waals surface area contributed by atoms with Gasteiger partial charge in [-0.25, -0.2) is 0 Å². The van der Waals surface area contributed by atoms with Crippen molar-refractivity contribution in [2.24, 2.45) is 5.73 Å². The van der Waals surface area contributed by atoms with E-state index in [0.717, 1.165) is 11.1 Å². The first kappa shape index (κ1) is 8.74. The molecule has 0 heterocycles. The Labute approximate surface area is 80.4 Å². The molecule has 0 spiro atoms. The Balaban J connectivity index is 2.90. The van der Waals surface area contributed by atoms with E-state index in [0.29, 0.717) is 6.54 Å². The first-order chi connectivity index (χ1) is 5.24. The average molecular weight is 259 g/mol. The van der Waals surface area contributed by atoms with Crippen molar-refractivity contribution in [3.05, 3.63) is 40.0 Å². The van der Waals surface area contributed by atoms with Gasteiger partial charge >= 0.3 is 0 Å². The van der Waals surface area contributed by atoms with E-state index in [1.165, 1.54) is 3.57 Å². The van der Waals surface area contributed by atoms with E-state index in [1.807, 2.05) is 12.1 Å². The standard InChI is InChI=1S/C9H10IN/c1-7(6-11)8-2-4-9(10)5-3-8/h2-5H,1,6,11H2. The highest BCUT2D eigenvalue weighted by atomic mass is 127. The first-order valence-corrected chi connectivity index (χ1v) is 4.45. The minimum absolute atomic E-state index is 0.528. The quantitative estimate of drug-likeness (QED) is 0.810. The van der Waals surface area contributed by atoms with Gasteiger partial charge in [-0.15, -0.1) is 0 Å². The third kappa shape index (κ3) is 2.31. The predicted octanol–water partition coefficient (Wildman–Crippen LogP) is 2.26. The Kier molecular flexibility index (Phi) is 3.08. The van der Waals surface area contributed by atoms with Gasteiger partial charge in [-0.2, -0.15) is 0 Å². The van der Waals surface area contributed by atoms with Crippen LogP contribution in [0.4, 0.5) is 0 Å². The maximum Gasteiger partial charge on any atom is 0.0178 e. The summed E-state index contributed by atoms with van der Waals surface area (Å²) in [5, 5.41) is 0. The highest BCUT2D eigenvalue weighted by Crippen LogP contribution is 2.12. The van der Waals surface area contributed by atoms with Gasteiger partial charge in [0, 0.05) is 10.1 Å². The maximum atomic E-state index is 5.44. The molecule has 0 bridgehead atoms. The fourth-order valence-electron chi connectivity index (χ4n) is 0.803. The van der Waals surface area contributed by atoms with E-state index in [1.54, 1.807) is 0 Å². The minimum Gasteiger partial charge on any atom is -0.326 e. The Morgan fingerprint density at radius 3 is 2.36 bits per heavy atom. The highest BCUT2D eigenvalue weighted by molar-refractivity contribution is 14.1. The lowest BCUT2D eigenvalue weighted by Crippen LogP contribution is -2.00. The average Bonchev–Trinajstić information content (AvgIpc) is 2.05. The van der Waals surface area contributed by atoms with Crippen LogP contribution in [-0.2, 0) is 0 Å². The molecule has 0 unspecified atom stereocenters. The Hall–Kier alpha value is -0.350. The molecule has 0 fully saturated rings. The molecular formula is C9H10IN. The predicted molar refractivity (Wildman–Crippen MR) is 57.2 cm³/mol. The van der Waals surface area contributed by atoms with Crippen molar-refractivity contribution in [3.63, 3.8) is 0 Å². The molecule has 1 aromatic carbocycles. The van der Waals surface area contributed by atoms with Gasteiger partial charge in [0.1, 0.15) is 0 Å². The van der Waals surface area contributed by atoms with E-state index in [9.17, 15) is 0 Å². The van der Waals surface area contributed by atoms with Gasteiger partial charge in [0.25, 0.3) is 0 Å². The van der Waals surface area contributed by atoms with Crippen LogP contribution < -0.4 is 5.73 Å². The van der Waals surface area contributed by atoms with Crippen LogP contribution in [0.15, 0.2) is 30.8 Å². The van der Waals surface area contributed by atoms with E-state index < -0.39 is 0 Å². The SMILES string of the molecule is C=C(CN)c1ccc(I)cc1. The van der Waals surface area contributed by atoms with Crippen LogP contribution in [0.2, 0.25) is 0 Å². The molecule has 0 saturated carbocycles. The molecule has 0 saturated heterocycles. The first-order valence-electron chi connectivity index (χ1n) is 3.38. The van der Waals surface area contributed by atoms with Crippen molar-refractivity contribution >= 4 is 28.2 Å². The second kappa shape index (κ2) is 3.88. The zero-order valence-electron chi connectivity index (χ0n) is 6.18. The van der Waals surface area contributed by atoms with Crippen molar-refractivity contribution in [1.82, 2.24) is 0 Å². The van der Waals surface area contributed by atoms with Gasteiger partial charge < -0.3 is 5.73 Å². The summed E-state index contributed by atoms with van der Waals surface area (Å²) >= 11 is 2.27. The number of benzene rings is 1. The second-order valence-corrected chi connectivity index (χ2v) is 3.56. The van der Waals surface area contributed by atoms with Crippen LogP contribution >= 0.6 is 22.6 Å². The molecule has 11 heavy (non-hydrogen) atoms. The van der Waals surface area contributed by atoms with Crippen LogP contribution in [0.3, 0.4) is 0 Å². The zero-order valence-corrected chi connectivity index (χ0v) is 8.34. The topological polar surface area (TPSA) is 26.0 Å². The molecule has 1 aromatic rings. The molecule has 58 valence electrons.